The number of nitrogens with one attached hydrogen (secondary N) is 2. The Kier molecular flexibility index (Phi) is 7.76. The first-order valence-corrected chi connectivity index (χ1v) is 16.3. The molecule has 0 radical (unpaired) electrons. The maximum Gasteiger partial charge on any atom is 0.322 e. The number of rotatable bonds is 6. The van der Waals surface area contributed by atoms with Crippen LogP contribution in [0.25, 0.3) is 0 Å². The summed E-state index contributed by atoms with van der Waals surface area (Å²) in [5.74, 6) is -0.666. The molecule has 3 fully saturated rings. The van der Waals surface area contributed by atoms with E-state index in [1.54, 1.807) is 0 Å². The molecule has 0 aromatic heterocycles. The Bertz CT molecular complexity index is 1430. The minimum absolute atomic E-state index is 0.0397. The average molecular weight is 607 g/mol. The molecule has 3 aliphatic heterocycles. The molecule has 2 aromatic rings. The minimum Gasteiger partial charge on any atom is -0.373 e. The highest BCUT2D eigenvalue weighted by atomic mass is 32.2. The molecule has 0 spiro atoms. The van der Waals surface area contributed by atoms with Crippen molar-refractivity contribution in [1.82, 2.24) is 19.2 Å². The van der Waals surface area contributed by atoms with Gasteiger partial charge in [0.05, 0.1) is 34.2 Å². The van der Waals surface area contributed by atoms with Crippen LogP contribution < -0.4 is 10.6 Å². The van der Waals surface area contributed by atoms with Crippen molar-refractivity contribution < 1.29 is 35.9 Å². The van der Waals surface area contributed by atoms with E-state index in [-0.39, 0.29) is 60.4 Å². The fourth-order valence-corrected chi connectivity index (χ4v) is 8.92. The largest absolute Gasteiger partial charge is 0.373 e. The SMILES string of the molecule is C[C@@H]1CN(S(=O)(=O)c2ccc(C3(c4ccc(S(=O)(=O)N5C[C@H](C)O[C@@H](C)C5)cc4)NC(=O)NC3=O)cc2)C[C@H](C)O1. The van der Waals surface area contributed by atoms with Crippen molar-refractivity contribution >= 4 is 32.0 Å². The van der Waals surface area contributed by atoms with Crippen molar-refractivity contribution in [2.75, 3.05) is 26.2 Å². The highest BCUT2D eigenvalue weighted by molar-refractivity contribution is 7.89. The Balaban J connectivity index is 1.47. The lowest BCUT2D eigenvalue weighted by atomic mass is 9.83. The summed E-state index contributed by atoms with van der Waals surface area (Å²) in [4.78, 5) is 25.6. The van der Waals surface area contributed by atoms with Gasteiger partial charge in [0.25, 0.3) is 5.91 Å². The van der Waals surface area contributed by atoms with E-state index < -0.39 is 37.5 Å². The van der Waals surface area contributed by atoms with Crippen LogP contribution in [-0.2, 0) is 39.9 Å². The molecule has 0 saturated carbocycles. The van der Waals surface area contributed by atoms with Gasteiger partial charge in [0.1, 0.15) is 0 Å². The van der Waals surface area contributed by atoms with Gasteiger partial charge in [-0.15, -0.1) is 0 Å². The molecule has 3 amide bonds. The van der Waals surface area contributed by atoms with Gasteiger partial charge in [-0.2, -0.15) is 8.61 Å². The molecule has 14 heteroatoms. The van der Waals surface area contributed by atoms with Crippen LogP contribution in [0.2, 0.25) is 0 Å². The second-order valence-corrected chi connectivity index (χ2v) is 14.7. The Morgan fingerprint density at radius 1 is 0.659 bits per heavy atom. The fourth-order valence-electron chi connectivity index (χ4n) is 5.73. The van der Waals surface area contributed by atoms with Crippen LogP contribution in [-0.4, -0.2) is 88.0 Å². The molecule has 2 N–H and O–H groups in total. The summed E-state index contributed by atoms with van der Waals surface area (Å²) in [5.41, 5.74) is -1.06. The lowest BCUT2D eigenvalue weighted by Crippen LogP contribution is -2.48. The van der Waals surface area contributed by atoms with Crippen LogP contribution in [0.4, 0.5) is 4.79 Å². The lowest BCUT2D eigenvalue weighted by Gasteiger charge is -2.34. The molecule has 3 heterocycles. The van der Waals surface area contributed by atoms with Gasteiger partial charge >= 0.3 is 6.03 Å². The average Bonchev–Trinajstić information content (AvgIpc) is 3.22. The van der Waals surface area contributed by atoms with E-state index in [1.165, 1.54) is 57.1 Å². The summed E-state index contributed by atoms with van der Waals surface area (Å²) in [7, 11) is -7.66. The van der Waals surface area contributed by atoms with E-state index in [0.29, 0.717) is 11.1 Å². The molecule has 1 unspecified atom stereocenters. The van der Waals surface area contributed by atoms with Crippen molar-refractivity contribution in [3.8, 4) is 0 Å². The molecule has 0 bridgehead atoms. The summed E-state index contributed by atoms with van der Waals surface area (Å²) >= 11 is 0. The van der Waals surface area contributed by atoms with Crippen molar-refractivity contribution in [3.63, 3.8) is 0 Å². The van der Waals surface area contributed by atoms with Gasteiger partial charge in [-0.1, -0.05) is 24.3 Å². The van der Waals surface area contributed by atoms with E-state index in [4.69, 9.17) is 9.47 Å². The minimum atomic E-state index is -3.83. The topological polar surface area (TPSA) is 151 Å². The van der Waals surface area contributed by atoms with Crippen LogP contribution in [0.5, 0.6) is 0 Å². The van der Waals surface area contributed by atoms with E-state index in [0.717, 1.165) is 0 Å². The van der Waals surface area contributed by atoms with Crippen LogP contribution >= 0.6 is 0 Å². The molecule has 222 valence electrons. The van der Waals surface area contributed by atoms with Crippen molar-refractivity contribution in [3.05, 3.63) is 59.7 Å². The highest BCUT2D eigenvalue weighted by Gasteiger charge is 2.49. The quantitative estimate of drug-likeness (QED) is 0.468. The van der Waals surface area contributed by atoms with E-state index in [2.05, 4.69) is 10.6 Å². The molecule has 41 heavy (non-hydrogen) atoms. The highest BCUT2D eigenvalue weighted by Crippen LogP contribution is 2.35. The monoisotopic (exact) mass is 606 g/mol. The second-order valence-electron chi connectivity index (χ2n) is 10.9. The molecule has 12 nitrogen and oxygen atoms in total. The van der Waals surface area contributed by atoms with Gasteiger partial charge in [0, 0.05) is 26.2 Å². The number of benzene rings is 2. The van der Waals surface area contributed by atoms with Gasteiger partial charge in [0.2, 0.25) is 20.0 Å². The summed E-state index contributed by atoms with van der Waals surface area (Å²) in [6.07, 6.45) is -1.02. The predicted octanol–water partition coefficient (Wildman–Crippen LogP) is 1.37. The molecule has 3 aliphatic rings. The summed E-state index contributed by atoms with van der Waals surface area (Å²) < 4.78 is 67.4. The van der Waals surface area contributed by atoms with Gasteiger partial charge in [0.15, 0.2) is 5.54 Å². The number of hydrogen-bond donors (Lipinski definition) is 2. The van der Waals surface area contributed by atoms with E-state index >= 15 is 0 Å². The van der Waals surface area contributed by atoms with Gasteiger partial charge in [-0.25, -0.2) is 21.6 Å². The number of urea groups is 1. The normalized spacial score (nSPS) is 30.1. The third-order valence-corrected chi connectivity index (χ3v) is 11.2. The number of amides is 3. The first kappa shape index (κ1) is 29.6. The van der Waals surface area contributed by atoms with Crippen molar-refractivity contribution in [1.29, 1.82) is 0 Å². The number of carbonyl (C=O) groups is 2. The molecular weight excluding hydrogens is 572 g/mol. The number of hydrogen-bond acceptors (Lipinski definition) is 8. The van der Waals surface area contributed by atoms with Gasteiger partial charge < -0.3 is 14.8 Å². The van der Waals surface area contributed by atoms with Gasteiger partial charge in [-0.05, 0) is 63.1 Å². The van der Waals surface area contributed by atoms with Crippen molar-refractivity contribution in [2.24, 2.45) is 0 Å². The maximum atomic E-state index is 13.3. The standard InChI is InChI=1S/C27H34N4O8S2/c1-17-13-30(14-18(2)38-17)40(34,35)23-9-5-21(6-10-23)27(25(32)28-26(33)29-27)22-7-11-24(12-8-22)41(36,37)31-15-19(3)39-20(4)16-31/h5-12,17-20H,13-16H2,1-4H3,(H2,28,29,32,33)/t17-,18-,19-,20+,27?/m0/s1. The summed E-state index contributed by atoms with van der Waals surface area (Å²) in [6, 6.07) is 10.8. The molecule has 5 atom stereocenters. The predicted molar refractivity (Wildman–Crippen MR) is 148 cm³/mol. The molecule has 0 aliphatic carbocycles. The Morgan fingerprint density at radius 3 is 1.29 bits per heavy atom. The maximum absolute atomic E-state index is 13.3. The summed E-state index contributed by atoms with van der Waals surface area (Å²) in [5, 5.41) is 4.91. The van der Waals surface area contributed by atoms with Crippen LogP contribution in [0.3, 0.4) is 0 Å². The Labute approximate surface area is 240 Å². The number of imide groups is 1. The number of ether oxygens (including phenoxy) is 2. The number of morpholine rings is 2. The Hall–Kier alpha value is -2.88. The third kappa shape index (κ3) is 5.40. The van der Waals surface area contributed by atoms with E-state index in [1.807, 2.05) is 27.7 Å². The second kappa shape index (κ2) is 10.7. The molecular formula is C27H34N4O8S2. The van der Waals surface area contributed by atoms with E-state index in [9.17, 15) is 26.4 Å². The fraction of sp³-hybridized carbons (Fsp3) is 0.481. The zero-order valence-corrected chi connectivity index (χ0v) is 24.9. The zero-order valence-electron chi connectivity index (χ0n) is 23.2. The zero-order chi connectivity index (χ0) is 29.7. The van der Waals surface area contributed by atoms with Crippen LogP contribution in [0.1, 0.15) is 38.8 Å². The smallest absolute Gasteiger partial charge is 0.322 e. The Morgan fingerprint density at radius 2 is 1.00 bits per heavy atom. The number of carbonyl (C=O) groups excluding carboxylic acids is 2. The number of nitrogens with zero attached hydrogens (tertiary/aromatic N) is 2. The summed E-state index contributed by atoms with van der Waals surface area (Å²) in [6.45, 7) is 8.11. The molecule has 5 rings (SSSR count). The van der Waals surface area contributed by atoms with Crippen LogP contribution in [0, 0.1) is 0 Å². The first-order valence-electron chi connectivity index (χ1n) is 13.4. The first-order chi connectivity index (χ1) is 19.2. The molecule has 2 aromatic carbocycles. The lowest BCUT2D eigenvalue weighted by molar-refractivity contribution is -0.122. The number of sulfonamides is 2. The van der Waals surface area contributed by atoms with Crippen LogP contribution in [0.15, 0.2) is 58.3 Å². The van der Waals surface area contributed by atoms with Crippen molar-refractivity contribution in [2.45, 2.75) is 67.4 Å². The third-order valence-electron chi connectivity index (χ3n) is 7.49. The molecule has 3 saturated heterocycles. The van der Waals surface area contributed by atoms with Gasteiger partial charge in [-0.3, -0.25) is 10.1 Å².